The Hall–Kier alpha value is -1.60. The van der Waals surface area contributed by atoms with E-state index in [1.807, 2.05) is 22.2 Å². The second kappa shape index (κ2) is 7.56. The molecule has 1 atom stereocenters. The summed E-state index contributed by atoms with van der Waals surface area (Å²) >= 11 is 13.6. The number of likely N-dealkylation sites (tertiary alicyclic amines) is 1. The van der Waals surface area contributed by atoms with Gasteiger partial charge < -0.3 is 5.32 Å². The monoisotopic (exact) mass is 408 g/mol. The van der Waals surface area contributed by atoms with Gasteiger partial charge in [0.15, 0.2) is 4.96 Å². The van der Waals surface area contributed by atoms with Crippen LogP contribution in [0.15, 0.2) is 36.0 Å². The van der Waals surface area contributed by atoms with E-state index < -0.39 is 0 Å². The number of piperidine rings is 1. The molecule has 3 aromatic rings. The van der Waals surface area contributed by atoms with Crippen molar-refractivity contribution in [2.45, 2.75) is 31.8 Å². The number of nitrogens with zero attached hydrogens (tertiary/aromatic N) is 3. The largest absolute Gasteiger partial charge is 0.325 e. The highest BCUT2D eigenvalue weighted by atomic mass is 35.5. The molecule has 1 fully saturated rings. The van der Waals surface area contributed by atoms with Gasteiger partial charge in [0.1, 0.15) is 0 Å². The highest BCUT2D eigenvalue weighted by Crippen LogP contribution is 2.26. The molecule has 4 rings (SSSR count). The summed E-state index contributed by atoms with van der Waals surface area (Å²) in [5.41, 5.74) is 1.66. The molecule has 1 aromatic carbocycles. The first-order valence-electron chi connectivity index (χ1n) is 8.51. The highest BCUT2D eigenvalue weighted by molar-refractivity contribution is 7.15. The molecule has 5 nitrogen and oxygen atoms in total. The minimum atomic E-state index is -0.169. The van der Waals surface area contributed by atoms with E-state index in [-0.39, 0.29) is 11.9 Å². The average Bonchev–Trinajstić information content (AvgIpc) is 3.20. The summed E-state index contributed by atoms with van der Waals surface area (Å²) in [7, 11) is 0. The Bertz CT molecular complexity index is 910. The van der Waals surface area contributed by atoms with Crippen molar-refractivity contribution >= 4 is 51.1 Å². The number of thiazole rings is 1. The van der Waals surface area contributed by atoms with Crippen LogP contribution >= 0.6 is 34.5 Å². The van der Waals surface area contributed by atoms with Crippen LogP contribution < -0.4 is 5.32 Å². The Morgan fingerprint density at radius 2 is 2.19 bits per heavy atom. The van der Waals surface area contributed by atoms with Gasteiger partial charge in [0.2, 0.25) is 5.91 Å². The van der Waals surface area contributed by atoms with Crippen LogP contribution in [0.4, 0.5) is 5.69 Å². The minimum absolute atomic E-state index is 0.0101. The van der Waals surface area contributed by atoms with E-state index in [1.165, 1.54) is 0 Å². The number of anilines is 1. The smallest absolute Gasteiger partial charge is 0.241 e. The van der Waals surface area contributed by atoms with Crippen molar-refractivity contribution in [3.63, 3.8) is 0 Å². The molecule has 0 spiro atoms. The summed E-state index contributed by atoms with van der Waals surface area (Å²) in [5, 5.41) is 5.89. The van der Waals surface area contributed by atoms with Crippen molar-refractivity contribution in [1.29, 1.82) is 0 Å². The lowest BCUT2D eigenvalue weighted by atomic mass is 10.0. The maximum Gasteiger partial charge on any atom is 0.241 e. The molecule has 8 heteroatoms. The van der Waals surface area contributed by atoms with Gasteiger partial charge in [-0.1, -0.05) is 29.6 Å². The summed E-state index contributed by atoms with van der Waals surface area (Å²) in [6.45, 7) is 1.57. The molecule has 136 valence electrons. The zero-order valence-electron chi connectivity index (χ0n) is 14.0. The van der Waals surface area contributed by atoms with E-state index in [1.54, 1.807) is 29.5 Å². The number of halogens is 2. The Morgan fingerprint density at radius 3 is 3.00 bits per heavy atom. The van der Waals surface area contributed by atoms with Gasteiger partial charge >= 0.3 is 0 Å². The zero-order chi connectivity index (χ0) is 18.1. The third kappa shape index (κ3) is 3.74. The number of nitrogens with one attached hydrogen (secondary N) is 1. The fourth-order valence-corrected chi connectivity index (χ4v) is 4.35. The quantitative estimate of drug-likeness (QED) is 0.680. The Kier molecular flexibility index (Phi) is 5.18. The number of hydrogen-bond acceptors (Lipinski definition) is 4. The van der Waals surface area contributed by atoms with Gasteiger partial charge in [-0.25, -0.2) is 4.98 Å². The predicted molar refractivity (Wildman–Crippen MR) is 106 cm³/mol. The Labute approximate surface area is 165 Å². The van der Waals surface area contributed by atoms with Crippen molar-refractivity contribution in [3.8, 4) is 0 Å². The Balaban J connectivity index is 1.48. The maximum atomic E-state index is 12.8. The van der Waals surface area contributed by atoms with Gasteiger partial charge in [-0.05, 0) is 37.6 Å². The number of amides is 1. The van der Waals surface area contributed by atoms with Crippen molar-refractivity contribution < 1.29 is 4.79 Å². The van der Waals surface area contributed by atoms with Crippen LogP contribution in [0.3, 0.4) is 0 Å². The molecule has 1 saturated heterocycles. The van der Waals surface area contributed by atoms with Crippen LogP contribution in [0.1, 0.15) is 25.0 Å². The number of carbonyl (C=O) groups excluding carboxylic acids is 1. The summed E-state index contributed by atoms with van der Waals surface area (Å²) in [5.74, 6) is -0.0101. The number of rotatable bonds is 4. The van der Waals surface area contributed by atoms with E-state index in [4.69, 9.17) is 23.2 Å². The van der Waals surface area contributed by atoms with Gasteiger partial charge in [-0.15, -0.1) is 11.3 Å². The molecule has 1 unspecified atom stereocenters. The average molecular weight is 409 g/mol. The number of benzene rings is 1. The van der Waals surface area contributed by atoms with Gasteiger partial charge in [0.25, 0.3) is 0 Å². The van der Waals surface area contributed by atoms with Gasteiger partial charge in [0.05, 0.1) is 21.8 Å². The van der Waals surface area contributed by atoms with Crippen molar-refractivity contribution in [3.05, 3.63) is 51.7 Å². The lowest BCUT2D eigenvalue weighted by Crippen LogP contribution is -2.46. The Morgan fingerprint density at radius 1 is 1.31 bits per heavy atom. The molecule has 0 aliphatic carbocycles. The molecule has 1 N–H and O–H groups in total. The standard InChI is InChI=1S/C18H18Cl2N4OS/c19-14-5-4-12(9-15(14)20)21-17(25)16-3-1-2-6-23(16)10-13-11-24-7-8-26-18(24)22-13/h4-5,7-9,11,16H,1-3,6,10H2,(H,21,25). The van der Waals surface area contributed by atoms with E-state index in [0.717, 1.165) is 36.5 Å². The SMILES string of the molecule is O=C(Nc1ccc(Cl)c(Cl)c1)C1CCCCN1Cc1cn2ccsc2n1. The summed E-state index contributed by atoms with van der Waals surface area (Å²) < 4.78 is 2.02. The van der Waals surface area contributed by atoms with Crippen LogP contribution in [-0.2, 0) is 11.3 Å². The molecular weight excluding hydrogens is 391 g/mol. The van der Waals surface area contributed by atoms with Crippen LogP contribution in [0.5, 0.6) is 0 Å². The highest BCUT2D eigenvalue weighted by Gasteiger charge is 2.29. The first-order valence-corrected chi connectivity index (χ1v) is 10.1. The number of fused-ring (bicyclic) bond motifs is 1. The molecule has 3 heterocycles. The van der Waals surface area contributed by atoms with Crippen LogP contribution in [0.2, 0.25) is 10.0 Å². The van der Waals surface area contributed by atoms with Crippen molar-refractivity contribution in [1.82, 2.24) is 14.3 Å². The molecule has 0 saturated carbocycles. The normalized spacial score (nSPS) is 18.3. The van der Waals surface area contributed by atoms with E-state index in [0.29, 0.717) is 22.3 Å². The lowest BCUT2D eigenvalue weighted by molar-refractivity contribution is -0.122. The summed E-state index contributed by atoms with van der Waals surface area (Å²) in [6.07, 6.45) is 7.03. The number of hydrogen-bond donors (Lipinski definition) is 1. The molecule has 0 bridgehead atoms. The maximum absolute atomic E-state index is 12.8. The number of carbonyl (C=O) groups is 1. The topological polar surface area (TPSA) is 49.6 Å². The van der Waals surface area contributed by atoms with Gasteiger partial charge in [-0.3, -0.25) is 14.1 Å². The first kappa shape index (κ1) is 17.8. The van der Waals surface area contributed by atoms with Crippen molar-refractivity contribution in [2.24, 2.45) is 0 Å². The second-order valence-corrected chi connectivity index (χ2v) is 8.11. The fourth-order valence-electron chi connectivity index (χ4n) is 3.34. The lowest BCUT2D eigenvalue weighted by Gasteiger charge is -2.34. The molecule has 26 heavy (non-hydrogen) atoms. The summed E-state index contributed by atoms with van der Waals surface area (Å²) in [6, 6.07) is 4.97. The summed E-state index contributed by atoms with van der Waals surface area (Å²) in [4.78, 5) is 20.7. The molecule has 0 radical (unpaired) electrons. The number of aromatic nitrogens is 2. The zero-order valence-corrected chi connectivity index (χ0v) is 16.3. The minimum Gasteiger partial charge on any atom is -0.325 e. The molecule has 1 aliphatic heterocycles. The third-order valence-corrected chi connectivity index (χ3v) is 6.12. The van der Waals surface area contributed by atoms with Gasteiger partial charge in [-0.2, -0.15) is 0 Å². The molecule has 1 amide bonds. The van der Waals surface area contributed by atoms with E-state index in [9.17, 15) is 4.79 Å². The van der Waals surface area contributed by atoms with Crippen LogP contribution in [0, 0.1) is 0 Å². The van der Waals surface area contributed by atoms with E-state index >= 15 is 0 Å². The molecular formula is C18H18Cl2N4OS. The number of imidazole rings is 1. The van der Waals surface area contributed by atoms with Gasteiger partial charge in [0, 0.05) is 30.0 Å². The predicted octanol–water partition coefficient (Wildman–Crippen LogP) is 4.70. The second-order valence-electron chi connectivity index (χ2n) is 6.43. The fraction of sp³-hybridized carbons (Fsp3) is 0.333. The van der Waals surface area contributed by atoms with Crippen LogP contribution in [-0.4, -0.2) is 32.8 Å². The molecule has 2 aromatic heterocycles. The third-order valence-electron chi connectivity index (χ3n) is 4.61. The van der Waals surface area contributed by atoms with Crippen molar-refractivity contribution in [2.75, 3.05) is 11.9 Å². The van der Waals surface area contributed by atoms with Crippen LogP contribution in [0.25, 0.3) is 4.96 Å². The van der Waals surface area contributed by atoms with E-state index in [2.05, 4.69) is 15.2 Å². The molecule has 1 aliphatic rings. The first-order chi connectivity index (χ1) is 12.6.